The molecule has 1 atom stereocenters. The van der Waals surface area contributed by atoms with Gasteiger partial charge >= 0.3 is 0 Å². The second-order valence-corrected chi connectivity index (χ2v) is 5.98. The molecule has 1 saturated carbocycles. The van der Waals surface area contributed by atoms with E-state index in [2.05, 4.69) is 31.5 Å². The molecule has 0 amide bonds. The number of hydrogen-bond acceptors (Lipinski definition) is 2. The summed E-state index contributed by atoms with van der Waals surface area (Å²) in [5.74, 6) is 1.87. The van der Waals surface area contributed by atoms with Gasteiger partial charge in [0.05, 0.1) is 0 Å². The second-order valence-electron chi connectivity index (χ2n) is 5.53. The minimum atomic E-state index is 0.839. The first-order valence-electron chi connectivity index (χ1n) is 7.05. The van der Waals surface area contributed by atoms with E-state index in [9.17, 15) is 0 Å². The zero-order valence-corrected chi connectivity index (χ0v) is 12.0. The van der Waals surface area contributed by atoms with E-state index in [-0.39, 0.29) is 0 Å². The monoisotopic (exact) mass is 243 g/mol. The highest BCUT2D eigenvalue weighted by Gasteiger charge is 2.16. The maximum absolute atomic E-state index is 4.31. The maximum atomic E-state index is 4.31. The van der Waals surface area contributed by atoms with E-state index in [0.717, 1.165) is 17.7 Å². The van der Waals surface area contributed by atoms with Crippen LogP contribution in [0.3, 0.4) is 0 Å². The Morgan fingerprint density at radius 3 is 2.31 bits per heavy atom. The molecule has 0 aliphatic heterocycles. The third-order valence-electron chi connectivity index (χ3n) is 4.04. The molecule has 1 nitrogen and oxygen atoms in total. The van der Waals surface area contributed by atoms with E-state index in [0.29, 0.717) is 0 Å². The van der Waals surface area contributed by atoms with E-state index < -0.39 is 0 Å². The van der Waals surface area contributed by atoms with E-state index >= 15 is 0 Å². The summed E-state index contributed by atoms with van der Waals surface area (Å²) in [6.07, 6.45) is 11.3. The van der Waals surface area contributed by atoms with Crippen LogP contribution >= 0.6 is 12.6 Å². The van der Waals surface area contributed by atoms with Gasteiger partial charge in [0.1, 0.15) is 0 Å². The van der Waals surface area contributed by atoms with Crippen molar-refractivity contribution in [2.24, 2.45) is 5.92 Å². The molecule has 1 aliphatic rings. The average Bonchev–Trinajstić information content (AvgIpc) is 2.55. The maximum Gasteiger partial charge on any atom is 0.00922 e. The minimum absolute atomic E-state index is 0.839. The summed E-state index contributed by atoms with van der Waals surface area (Å²) in [6, 6.07) is 0.866. The van der Waals surface area contributed by atoms with Crippen molar-refractivity contribution in [1.29, 1.82) is 0 Å². The molecule has 16 heavy (non-hydrogen) atoms. The van der Waals surface area contributed by atoms with Crippen molar-refractivity contribution >= 4 is 12.6 Å². The first-order valence-corrected chi connectivity index (χ1v) is 7.68. The molecule has 2 heteroatoms. The minimum Gasteiger partial charge on any atom is -0.303 e. The van der Waals surface area contributed by atoms with Gasteiger partial charge < -0.3 is 4.90 Å². The molecule has 0 radical (unpaired) electrons. The van der Waals surface area contributed by atoms with Gasteiger partial charge in [-0.15, -0.1) is 0 Å². The van der Waals surface area contributed by atoms with Gasteiger partial charge in [0.2, 0.25) is 0 Å². The molecule has 96 valence electrons. The summed E-state index contributed by atoms with van der Waals surface area (Å²) in [4.78, 5) is 2.61. The molecule has 1 rings (SSSR count). The van der Waals surface area contributed by atoms with Crippen LogP contribution in [0.5, 0.6) is 0 Å². The number of thiol groups is 1. The Labute approximate surface area is 107 Å². The second kappa shape index (κ2) is 8.41. The summed E-state index contributed by atoms with van der Waals surface area (Å²) in [6.45, 7) is 3.64. The van der Waals surface area contributed by atoms with Crippen molar-refractivity contribution in [1.82, 2.24) is 4.90 Å². The van der Waals surface area contributed by atoms with Gasteiger partial charge in [0.15, 0.2) is 0 Å². The Bertz CT molecular complexity index is 164. The molecule has 0 aromatic rings. The molecule has 1 fully saturated rings. The molecule has 0 aromatic heterocycles. The Morgan fingerprint density at radius 2 is 1.75 bits per heavy atom. The molecular formula is C14H29NS. The van der Waals surface area contributed by atoms with E-state index in [1.165, 1.54) is 57.9 Å². The lowest BCUT2D eigenvalue weighted by atomic mass is 10.0. The molecule has 0 saturated heterocycles. The number of rotatable bonds is 6. The largest absolute Gasteiger partial charge is 0.303 e. The fraction of sp³-hybridized carbons (Fsp3) is 1.00. The molecule has 0 bridgehead atoms. The molecule has 0 heterocycles. The van der Waals surface area contributed by atoms with Crippen molar-refractivity contribution in [2.45, 2.75) is 64.3 Å². The van der Waals surface area contributed by atoms with Crippen LogP contribution in [0.25, 0.3) is 0 Å². The van der Waals surface area contributed by atoms with Crippen molar-refractivity contribution < 1.29 is 0 Å². The zero-order chi connectivity index (χ0) is 11.8. The van der Waals surface area contributed by atoms with Crippen molar-refractivity contribution in [3.63, 3.8) is 0 Å². The van der Waals surface area contributed by atoms with Crippen molar-refractivity contribution in [3.05, 3.63) is 0 Å². The first kappa shape index (κ1) is 14.4. The number of hydrogen-bond donors (Lipinski definition) is 1. The summed E-state index contributed by atoms with van der Waals surface area (Å²) >= 11 is 4.31. The normalized spacial score (nSPS) is 21.0. The van der Waals surface area contributed by atoms with E-state index in [1.54, 1.807) is 0 Å². The van der Waals surface area contributed by atoms with Gasteiger partial charge in [0, 0.05) is 6.04 Å². The zero-order valence-electron chi connectivity index (χ0n) is 11.1. The van der Waals surface area contributed by atoms with Crippen LogP contribution in [0, 0.1) is 5.92 Å². The Balaban J connectivity index is 2.19. The quantitative estimate of drug-likeness (QED) is 0.545. The Hall–Kier alpha value is 0.310. The average molecular weight is 243 g/mol. The van der Waals surface area contributed by atoms with Crippen LogP contribution in [0.2, 0.25) is 0 Å². The molecular weight excluding hydrogens is 214 g/mol. The van der Waals surface area contributed by atoms with E-state index in [1.807, 2.05) is 0 Å². The topological polar surface area (TPSA) is 3.24 Å². The summed E-state index contributed by atoms with van der Waals surface area (Å²) in [7, 11) is 2.32. The molecule has 1 unspecified atom stereocenters. The van der Waals surface area contributed by atoms with Gasteiger partial charge in [-0.05, 0) is 50.9 Å². The smallest absolute Gasteiger partial charge is 0.00922 e. The predicted octanol–water partition coefficient (Wildman–Crippen LogP) is 3.99. The summed E-state index contributed by atoms with van der Waals surface area (Å²) in [5, 5.41) is 0. The van der Waals surface area contributed by atoms with Crippen molar-refractivity contribution in [2.75, 3.05) is 19.3 Å². The lowest BCUT2D eigenvalue weighted by Crippen LogP contribution is -2.32. The van der Waals surface area contributed by atoms with Gasteiger partial charge in [-0.2, -0.15) is 12.6 Å². The first-order chi connectivity index (χ1) is 7.74. The van der Waals surface area contributed by atoms with Gasteiger partial charge in [0.25, 0.3) is 0 Å². The van der Waals surface area contributed by atoms with Crippen LogP contribution in [-0.4, -0.2) is 30.3 Å². The van der Waals surface area contributed by atoms with E-state index in [4.69, 9.17) is 0 Å². The Kier molecular flexibility index (Phi) is 7.55. The number of nitrogens with zero attached hydrogens (tertiary/aromatic N) is 1. The van der Waals surface area contributed by atoms with Crippen LogP contribution in [0.15, 0.2) is 0 Å². The predicted molar refractivity (Wildman–Crippen MR) is 76.4 cm³/mol. The highest BCUT2D eigenvalue weighted by atomic mass is 32.1. The fourth-order valence-corrected chi connectivity index (χ4v) is 3.11. The molecule has 1 aliphatic carbocycles. The summed E-state index contributed by atoms with van der Waals surface area (Å²) < 4.78 is 0. The Morgan fingerprint density at radius 1 is 1.12 bits per heavy atom. The third-order valence-corrected chi connectivity index (χ3v) is 4.30. The fourth-order valence-electron chi connectivity index (χ4n) is 2.67. The third kappa shape index (κ3) is 5.58. The standard InChI is InChI=1S/C14H29NS/c1-13(10-12-16)9-11-15(2)14-7-5-3-4-6-8-14/h13-14,16H,3-12H2,1-2H3. The SMILES string of the molecule is CC(CCS)CCN(C)C1CCCCCC1. The van der Waals surface area contributed by atoms with Crippen LogP contribution in [0.1, 0.15) is 58.3 Å². The van der Waals surface area contributed by atoms with Crippen LogP contribution in [-0.2, 0) is 0 Å². The van der Waals surface area contributed by atoms with Crippen molar-refractivity contribution in [3.8, 4) is 0 Å². The lowest BCUT2D eigenvalue weighted by molar-refractivity contribution is 0.207. The highest BCUT2D eigenvalue weighted by Crippen LogP contribution is 2.21. The van der Waals surface area contributed by atoms with Crippen LogP contribution < -0.4 is 0 Å². The van der Waals surface area contributed by atoms with Gasteiger partial charge in [-0.25, -0.2) is 0 Å². The van der Waals surface area contributed by atoms with Gasteiger partial charge in [-0.1, -0.05) is 32.6 Å². The highest BCUT2D eigenvalue weighted by molar-refractivity contribution is 7.80. The molecule has 0 spiro atoms. The van der Waals surface area contributed by atoms with Crippen LogP contribution in [0.4, 0.5) is 0 Å². The van der Waals surface area contributed by atoms with Gasteiger partial charge in [-0.3, -0.25) is 0 Å². The summed E-state index contributed by atoms with van der Waals surface area (Å²) in [5.41, 5.74) is 0. The molecule has 0 aromatic carbocycles. The lowest BCUT2D eigenvalue weighted by Gasteiger charge is -2.28. The molecule has 0 N–H and O–H groups in total.